The molecule has 344 valence electrons. The summed E-state index contributed by atoms with van der Waals surface area (Å²) in [6.07, 6.45) is 4.83. The highest BCUT2D eigenvalue weighted by Crippen LogP contribution is 2.37. The number of aryl methyl sites for hydroxylation is 4. The third-order valence-corrected chi connectivity index (χ3v) is 13.6. The summed E-state index contributed by atoms with van der Waals surface area (Å²) < 4.78 is 10.3. The third-order valence-electron chi connectivity index (χ3n) is 12.6. The fraction of sp³-hybridized carbons (Fsp3) is 0.333. The Kier molecular flexibility index (Phi) is 14.1. The van der Waals surface area contributed by atoms with Crippen LogP contribution in [0, 0.1) is 20.8 Å². The summed E-state index contributed by atoms with van der Waals surface area (Å²) in [6.45, 7) is 15.9. The van der Waals surface area contributed by atoms with Crippen LogP contribution in [-0.4, -0.2) is 62.1 Å². The summed E-state index contributed by atoms with van der Waals surface area (Å²) in [4.78, 5) is 62.5. The number of fused-ring (bicyclic) bond motifs is 2. The van der Waals surface area contributed by atoms with Crippen molar-refractivity contribution in [3.63, 3.8) is 0 Å². The maximum Gasteiger partial charge on any atom is 0.253 e. The first-order valence-electron chi connectivity index (χ1n) is 22.3. The summed E-state index contributed by atoms with van der Waals surface area (Å²) in [5.74, 6) is -0.701. The van der Waals surface area contributed by atoms with Gasteiger partial charge in [0.15, 0.2) is 0 Å². The molecule has 0 bridgehead atoms. The zero-order valence-electron chi connectivity index (χ0n) is 38.0. The lowest BCUT2D eigenvalue weighted by molar-refractivity contribution is 0.0342. The SMILES string of the molecule is Cc1cc(C)c(CNC(=O)c2cc(Br)cc3c2c(Cl)cn3C(C)CCc2cc(C)[nH]c(=O)c2CNC(=O)c2cc(-c3ccc(CN4CCOCC4)cc3)cc3c2c(Cl)cn3C(C)C)c(=O)[nH]1. The first-order valence-corrected chi connectivity index (χ1v) is 23.8. The minimum Gasteiger partial charge on any atom is -0.379 e. The number of carbonyl (C=O) groups is 2. The highest BCUT2D eigenvalue weighted by Gasteiger charge is 2.23. The topological polar surface area (TPSA) is 146 Å². The zero-order chi connectivity index (χ0) is 47.0. The van der Waals surface area contributed by atoms with Gasteiger partial charge < -0.3 is 34.5 Å². The number of amides is 2. The molecule has 15 heteroatoms. The summed E-state index contributed by atoms with van der Waals surface area (Å²) in [7, 11) is 0. The molecule has 4 aromatic heterocycles. The van der Waals surface area contributed by atoms with Crippen LogP contribution in [0.25, 0.3) is 32.9 Å². The lowest BCUT2D eigenvalue weighted by atomic mass is 9.98. The number of nitrogens with zero attached hydrogens (tertiary/aromatic N) is 3. The molecule has 8 rings (SSSR count). The molecule has 66 heavy (non-hydrogen) atoms. The van der Waals surface area contributed by atoms with E-state index in [0.717, 1.165) is 71.8 Å². The number of nitrogens with one attached hydrogen (secondary N) is 4. The molecule has 12 nitrogen and oxygen atoms in total. The van der Waals surface area contributed by atoms with Crippen LogP contribution in [0.4, 0.5) is 0 Å². The number of carbonyl (C=O) groups excluding carboxylic acids is 2. The van der Waals surface area contributed by atoms with Gasteiger partial charge in [0.2, 0.25) is 0 Å². The van der Waals surface area contributed by atoms with E-state index in [-0.39, 0.29) is 48.1 Å². The quantitative estimate of drug-likeness (QED) is 0.0854. The number of hydrogen-bond donors (Lipinski definition) is 4. The second kappa shape index (κ2) is 19.8. The molecule has 4 N–H and O–H groups in total. The molecular formula is C51H54BrCl2N7O5. The Bertz CT molecular complexity index is 3110. The molecule has 1 atom stereocenters. The molecule has 1 unspecified atom stereocenters. The van der Waals surface area contributed by atoms with Crippen molar-refractivity contribution in [2.24, 2.45) is 0 Å². The second-order valence-corrected chi connectivity index (χ2v) is 19.4. The third kappa shape index (κ3) is 9.96. The van der Waals surface area contributed by atoms with E-state index < -0.39 is 0 Å². The molecule has 5 heterocycles. The number of H-pyrrole nitrogens is 2. The number of aromatic nitrogens is 4. The summed E-state index contributed by atoms with van der Waals surface area (Å²) in [5.41, 5.74) is 9.00. The Hall–Kier alpha value is -5.44. The van der Waals surface area contributed by atoms with Gasteiger partial charge in [-0.3, -0.25) is 24.1 Å². The van der Waals surface area contributed by atoms with Crippen molar-refractivity contribution in [1.82, 2.24) is 34.6 Å². The van der Waals surface area contributed by atoms with Crippen LogP contribution in [0.15, 0.2) is 87.1 Å². The summed E-state index contributed by atoms with van der Waals surface area (Å²) >= 11 is 17.4. The number of ether oxygens (including phenoxy) is 1. The van der Waals surface area contributed by atoms with Gasteiger partial charge in [-0.25, -0.2) is 0 Å². The van der Waals surface area contributed by atoms with Crippen molar-refractivity contribution in [1.29, 1.82) is 0 Å². The van der Waals surface area contributed by atoms with Gasteiger partial charge in [-0.15, -0.1) is 0 Å². The van der Waals surface area contributed by atoms with Crippen LogP contribution in [-0.2, 0) is 30.8 Å². The lowest BCUT2D eigenvalue weighted by Crippen LogP contribution is -2.35. The predicted octanol–water partition coefficient (Wildman–Crippen LogP) is 10.1. The molecular weight excluding hydrogens is 941 g/mol. The van der Waals surface area contributed by atoms with Gasteiger partial charge in [-0.05, 0) is 119 Å². The van der Waals surface area contributed by atoms with E-state index in [1.165, 1.54) is 5.56 Å². The monoisotopic (exact) mass is 993 g/mol. The van der Waals surface area contributed by atoms with Crippen molar-refractivity contribution in [2.75, 3.05) is 26.3 Å². The standard InChI is InChI=1S/C51H54BrCl2N7O5/c1-28(2)60-26-42(53)46-38(19-36(20-44(46)60)34-11-8-33(9-12-34)25-59-13-15-66-16-14-59)48(62)56-24-41-35(18-31(5)58-51(41)65)10-7-32(6)61-27-43(54)47-39(21-37(52)22-45(47)61)49(63)55-23-40-29(3)17-30(4)57-50(40)64/h8-9,11-12,17-22,26-28,32H,7,10,13-16,23-25H2,1-6H3,(H,55,63)(H,56,62)(H,57,64)(H,58,65). The van der Waals surface area contributed by atoms with Crippen molar-refractivity contribution in [2.45, 2.75) is 86.1 Å². The Labute approximate surface area is 401 Å². The number of aromatic amines is 2. The van der Waals surface area contributed by atoms with Crippen molar-refractivity contribution in [3.05, 3.63) is 159 Å². The zero-order valence-corrected chi connectivity index (χ0v) is 41.1. The van der Waals surface area contributed by atoms with E-state index in [4.69, 9.17) is 27.9 Å². The number of pyridine rings is 2. The molecule has 0 saturated carbocycles. The number of benzene rings is 3. The number of hydrogen-bond acceptors (Lipinski definition) is 6. The van der Waals surface area contributed by atoms with E-state index in [1.807, 2.05) is 62.0 Å². The van der Waals surface area contributed by atoms with E-state index in [1.54, 1.807) is 6.07 Å². The molecule has 1 aliphatic rings. The van der Waals surface area contributed by atoms with Crippen molar-refractivity contribution in [3.8, 4) is 11.1 Å². The van der Waals surface area contributed by atoms with Crippen LogP contribution in [0.3, 0.4) is 0 Å². The molecule has 7 aromatic rings. The summed E-state index contributed by atoms with van der Waals surface area (Å²) in [5, 5.41) is 8.13. The molecule has 1 fully saturated rings. The van der Waals surface area contributed by atoms with Gasteiger partial charge in [0.05, 0.1) is 45.4 Å². The largest absolute Gasteiger partial charge is 0.379 e. The number of morpholine rings is 1. The Balaban J connectivity index is 1.02. The predicted molar refractivity (Wildman–Crippen MR) is 267 cm³/mol. The van der Waals surface area contributed by atoms with Crippen LogP contribution in [0.2, 0.25) is 10.0 Å². The first-order chi connectivity index (χ1) is 31.6. The van der Waals surface area contributed by atoms with Gasteiger partial charge in [0, 0.05) is 95.0 Å². The Morgan fingerprint density at radius 1 is 0.742 bits per heavy atom. The molecule has 3 aromatic carbocycles. The second-order valence-electron chi connectivity index (χ2n) is 17.7. The molecule has 1 saturated heterocycles. The Morgan fingerprint density at radius 2 is 1.32 bits per heavy atom. The van der Waals surface area contributed by atoms with Gasteiger partial charge in [0.25, 0.3) is 22.9 Å². The molecule has 2 amide bonds. The average molecular weight is 996 g/mol. The van der Waals surface area contributed by atoms with Gasteiger partial charge in [0.1, 0.15) is 0 Å². The van der Waals surface area contributed by atoms with Gasteiger partial charge >= 0.3 is 0 Å². The number of halogens is 3. The Morgan fingerprint density at radius 3 is 1.95 bits per heavy atom. The highest BCUT2D eigenvalue weighted by atomic mass is 79.9. The van der Waals surface area contributed by atoms with E-state index in [2.05, 4.69) is 97.1 Å². The van der Waals surface area contributed by atoms with Crippen molar-refractivity contribution < 1.29 is 14.3 Å². The van der Waals surface area contributed by atoms with E-state index in [0.29, 0.717) is 66.1 Å². The smallest absolute Gasteiger partial charge is 0.253 e. The van der Waals surface area contributed by atoms with Crippen LogP contribution in [0.1, 0.15) is 99.2 Å². The molecule has 0 spiro atoms. The van der Waals surface area contributed by atoms with Crippen LogP contribution < -0.4 is 21.8 Å². The maximum atomic E-state index is 14.4. The van der Waals surface area contributed by atoms with Crippen molar-refractivity contribution >= 4 is 72.8 Å². The molecule has 1 aliphatic heterocycles. The first kappa shape index (κ1) is 47.1. The van der Waals surface area contributed by atoms with Gasteiger partial charge in [-0.1, -0.05) is 63.4 Å². The van der Waals surface area contributed by atoms with Crippen LogP contribution in [0.5, 0.6) is 0 Å². The summed E-state index contributed by atoms with van der Waals surface area (Å²) in [6, 6.07) is 19.9. The van der Waals surface area contributed by atoms with Gasteiger partial charge in [-0.2, -0.15) is 0 Å². The molecule has 0 radical (unpaired) electrons. The average Bonchev–Trinajstić information content (AvgIpc) is 3.80. The fourth-order valence-corrected chi connectivity index (χ4v) is 10.2. The minimum atomic E-state index is -0.361. The normalized spacial score (nSPS) is 13.8. The fourth-order valence-electron chi connectivity index (χ4n) is 9.11. The highest BCUT2D eigenvalue weighted by molar-refractivity contribution is 9.10. The van der Waals surface area contributed by atoms with E-state index >= 15 is 0 Å². The van der Waals surface area contributed by atoms with Crippen LogP contribution >= 0.6 is 39.1 Å². The van der Waals surface area contributed by atoms with E-state index in [9.17, 15) is 19.2 Å². The molecule has 0 aliphatic carbocycles. The lowest BCUT2D eigenvalue weighted by Gasteiger charge is -2.26. The number of rotatable bonds is 14. The maximum absolute atomic E-state index is 14.4. The minimum absolute atomic E-state index is 0.000303.